The number of carbonyl (C=O) groups excluding carboxylic acids is 1. The molecule has 0 aliphatic heterocycles. The first-order chi connectivity index (χ1) is 11.0. The van der Waals surface area contributed by atoms with E-state index < -0.39 is 10.8 Å². The zero-order valence-corrected chi connectivity index (χ0v) is 14.3. The van der Waals surface area contributed by atoms with E-state index in [1.807, 2.05) is 51.1 Å². The average molecular weight is 335 g/mol. The summed E-state index contributed by atoms with van der Waals surface area (Å²) in [6, 6.07) is 9.50. The maximum absolute atomic E-state index is 12.0. The van der Waals surface area contributed by atoms with Crippen LogP contribution < -0.4 is 5.32 Å². The van der Waals surface area contributed by atoms with Crippen molar-refractivity contribution >= 4 is 16.7 Å². The van der Waals surface area contributed by atoms with Crippen molar-refractivity contribution in [3.05, 3.63) is 47.6 Å². The summed E-state index contributed by atoms with van der Waals surface area (Å²) in [5.74, 6) is 0.776. The molecule has 0 saturated heterocycles. The number of amides is 1. The Bertz CT molecular complexity index is 670. The van der Waals surface area contributed by atoms with Crippen LogP contribution in [0.4, 0.5) is 0 Å². The van der Waals surface area contributed by atoms with Crippen LogP contribution in [0.5, 0.6) is 0 Å². The molecule has 0 bridgehead atoms. The van der Waals surface area contributed by atoms with Crippen molar-refractivity contribution in [2.45, 2.75) is 38.5 Å². The molecule has 1 heterocycles. The zero-order chi connectivity index (χ0) is 16.8. The van der Waals surface area contributed by atoms with Crippen molar-refractivity contribution in [2.24, 2.45) is 0 Å². The van der Waals surface area contributed by atoms with Gasteiger partial charge >= 0.3 is 0 Å². The number of nitrogens with zero attached hydrogens (tertiary/aromatic N) is 2. The average Bonchev–Trinajstić information content (AvgIpc) is 2.96. The SMILES string of the molecule is CC(C)c1noc(C[S@@](=O)CC(=O)N[C@H](C)c2ccccc2)n1. The zero-order valence-electron chi connectivity index (χ0n) is 13.5. The third-order valence-electron chi connectivity index (χ3n) is 3.25. The van der Waals surface area contributed by atoms with Crippen LogP contribution in [0, 0.1) is 0 Å². The van der Waals surface area contributed by atoms with Gasteiger partial charge in [0.2, 0.25) is 11.8 Å². The van der Waals surface area contributed by atoms with Gasteiger partial charge in [0.1, 0.15) is 11.5 Å². The number of rotatable bonds is 7. The topological polar surface area (TPSA) is 85.1 Å². The predicted octanol–water partition coefficient (Wildman–Crippen LogP) is 2.32. The van der Waals surface area contributed by atoms with Gasteiger partial charge in [-0.05, 0) is 12.5 Å². The van der Waals surface area contributed by atoms with E-state index in [9.17, 15) is 9.00 Å². The summed E-state index contributed by atoms with van der Waals surface area (Å²) in [6.45, 7) is 5.79. The Balaban J connectivity index is 1.83. The van der Waals surface area contributed by atoms with Gasteiger partial charge in [-0.3, -0.25) is 9.00 Å². The number of benzene rings is 1. The third-order valence-corrected chi connectivity index (χ3v) is 4.41. The first-order valence-electron chi connectivity index (χ1n) is 7.47. The summed E-state index contributed by atoms with van der Waals surface area (Å²) in [5, 5.41) is 6.65. The van der Waals surface area contributed by atoms with Crippen LogP contribution in [0.15, 0.2) is 34.9 Å². The summed E-state index contributed by atoms with van der Waals surface area (Å²) >= 11 is 0. The van der Waals surface area contributed by atoms with E-state index in [0.717, 1.165) is 5.56 Å². The predicted molar refractivity (Wildman–Crippen MR) is 88.1 cm³/mol. The first kappa shape index (κ1) is 17.3. The van der Waals surface area contributed by atoms with Gasteiger partial charge in [-0.15, -0.1) is 0 Å². The molecule has 0 spiro atoms. The third kappa shape index (κ3) is 5.28. The quantitative estimate of drug-likeness (QED) is 0.839. The molecule has 0 radical (unpaired) electrons. The van der Waals surface area contributed by atoms with E-state index >= 15 is 0 Å². The van der Waals surface area contributed by atoms with Crippen molar-refractivity contribution in [2.75, 3.05) is 5.75 Å². The molecule has 1 aromatic heterocycles. The molecule has 2 rings (SSSR count). The molecule has 2 aromatic rings. The summed E-state index contributed by atoms with van der Waals surface area (Å²) in [7, 11) is -1.38. The van der Waals surface area contributed by atoms with Gasteiger partial charge in [0, 0.05) is 16.7 Å². The Morgan fingerprint density at radius 3 is 2.57 bits per heavy atom. The van der Waals surface area contributed by atoms with Crippen molar-refractivity contribution in [1.29, 1.82) is 0 Å². The minimum atomic E-state index is -1.38. The highest BCUT2D eigenvalue weighted by Gasteiger charge is 2.16. The van der Waals surface area contributed by atoms with Crippen LogP contribution in [-0.4, -0.2) is 26.0 Å². The lowest BCUT2D eigenvalue weighted by Gasteiger charge is -2.13. The number of aromatic nitrogens is 2. The number of hydrogen-bond donors (Lipinski definition) is 1. The summed E-state index contributed by atoms with van der Waals surface area (Å²) in [6.07, 6.45) is 0. The van der Waals surface area contributed by atoms with E-state index in [1.54, 1.807) is 0 Å². The van der Waals surface area contributed by atoms with Crippen molar-refractivity contribution < 1.29 is 13.5 Å². The maximum atomic E-state index is 12.0. The van der Waals surface area contributed by atoms with Gasteiger partial charge in [-0.2, -0.15) is 4.98 Å². The lowest BCUT2D eigenvalue weighted by atomic mass is 10.1. The number of hydrogen-bond acceptors (Lipinski definition) is 5. The van der Waals surface area contributed by atoms with Crippen molar-refractivity contribution in [1.82, 2.24) is 15.5 Å². The fourth-order valence-electron chi connectivity index (χ4n) is 2.00. The Morgan fingerprint density at radius 2 is 1.96 bits per heavy atom. The van der Waals surface area contributed by atoms with Crippen molar-refractivity contribution in [3.8, 4) is 0 Å². The first-order valence-corrected chi connectivity index (χ1v) is 8.96. The second-order valence-corrected chi connectivity index (χ2v) is 7.09. The highest BCUT2D eigenvalue weighted by Crippen LogP contribution is 2.12. The Morgan fingerprint density at radius 1 is 1.26 bits per heavy atom. The molecular weight excluding hydrogens is 314 g/mol. The van der Waals surface area contributed by atoms with Crippen LogP contribution in [0.2, 0.25) is 0 Å². The molecule has 1 amide bonds. The lowest BCUT2D eigenvalue weighted by Crippen LogP contribution is -2.31. The number of carbonyl (C=O) groups is 1. The normalized spacial score (nSPS) is 13.7. The molecule has 1 aromatic carbocycles. The van der Waals surface area contributed by atoms with E-state index in [-0.39, 0.29) is 29.4 Å². The van der Waals surface area contributed by atoms with E-state index in [1.165, 1.54) is 0 Å². The second kappa shape index (κ2) is 8.01. The van der Waals surface area contributed by atoms with Crippen LogP contribution in [0.3, 0.4) is 0 Å². The molecule has 0 saturated carbocycles. The van der Waals surface area contributed by atoms with Gasteiger partial charge in [-0.1, -0.05) is 49.3 Å². The molecule has 0 aliphatic rings. The highest BCUT2D eigenvalue weighted by atomic mass is 32.2. The van der Waals surface area contributed by atoms with Crippen molar-refractivity contribution in [3.63, 3.8) is 0 Å². The minimum Gasteiger partial charge on any atom is -0.349 e. The summed E-state index contributed by atoms with van der Waals surface area (Å²) < 4.78 is 17.1. The monoisotopic (exact) mass is 335 g/mol. The highest BCUT2D eigenvalue weighted by molar-refractivity contribution is 7.84. The minimum absolute atomic E-state index is 0.0867. The second-order valence-electron chi connectivity index (χ2n) is 5.63. The standard InChI is InChI=1S/C16H21N3O3S/c1-11(2)16-18-15(22-19-16)10-23(21)9-14(20)17-12(3)13-7-5-4-6-8-13/h4-8,11-12H,9-10H2,1-3H3,(H,17,20)/t12-,23+/m1/s1. The van der Waals surface area contributed by atoms with Crippen LogP contribution in [0.25, 0.3) is 0 Å². The maximum Gasteiger partial charge on any atom is 0.239 e. The van der Waals surface area contributed by atoms with Gasteiger partial charge in [-0.25, -0.2) is 0 Å². The van der Waals surface area contributed by atoms with Gasteiger partial charge in [0.15, 0.2) is 5.82 Å². The van der Waals surface area contributed by atoms with Gasteiger partial charge in [0.25, 0.3) is 0 Å². The lowest BCUT2D eigenvalue weighted by molar-refractivity contribution is -0.119. The molecule has 7 heteroatoms. The smallest absolute Gasteiger partial charge is 0.239 e. The number of nitrogens with one attached hydrogen (secondary N) is 1. The largest absolute Gasteiger partial charge is 0.349 e. The van der Waals surface area contributed by atoms with Crippen LogP contribution in [-0.2, 0) is 21.3 Å². The molecule has 0 fully saturated rings. The molecule has 124 valence electrons. The Labute approximate surface area is 138 Å². The van der Waals surface area contributed by atoms with E-state index in [0.29, 0.717) is 11.7 Å². The molecule has 6 nitrogen and oxygen atoms in total. The van der Waals surface area contributed by atoms with Crippen LogP contribution in [0.1, 0.15) is 50.0 Å². The Hall–Kier alpha value is -2.02. The van der Waals surface area contributed by atoms with E-state index in [4.69, 9.17) is 4.52 Å². The molecule has 1 N–H and O–H groups in total. The molecule has 0 unspecified atom stereocenters. The molecule has 2 atom stereocenters. The molecular formula is C16H21N3O3S. The summed E-state index contributed by atoms with van der Waals surface area (Å²) in [4.78, 5) is 16.1. The van der Waals surface area contributed by atoms with Crippen LogP contribution >= 0.6 is 0 Å². The summed E-state index contributed by atoms with van der Waals surface area (Å²) in [5.41, 5.74) is 1.00. The van der Waals surface area contributed by atoms with Gasteiger partial charge < -0.3 is 9.84 Å². The van der Waals surface area contributed by atoms with E-state index in [2.05, 4.69) is 15.5 Å². The fraction of sp³-hybridized carbons (Fsp3) is 0.438. The van der Waals surface area contributed by atoms with Gasteiger partial charge in [0.05, 0.1) is 6.04 Å². The molecule has 0 aliphatic carbocycles. The fourth-order valence-corrected chi connectivity index (χ4v) is 2.87. The Kier molecular flexibility index (Phi) is 6.04. The molecule has 23 heavy (non-hydrogen) atoms.